The SMILES string of the molecule is CCC1CCCC(Oc2ccc(Br)c(CCl)c2)C1. The van der Waals surface area contributed by atoms with Crippen molar-refractivity contribution in [2.45, 2.75) is 51.0 Å². The Bertz CT molecular complexity index is 394. The lowest BCUT2D eigenvalue weighted by Crippen LogP contribution is -2.25. The molecule has 1 saturated carbocycles. The summed E-state index contributed by atoms with van der Waals surface area (Å²) in [5.74, 6) is 2.31. The minimum atomic E-state index is 0.382. The van der Waals surface area contributed by atoms with Crippen molar-refractivity contribution in [1.29, 1.82) is 0 Å². The maximum Gasteiger partial charge on any atom is 0.120 e. The van der Waals surface area contributed by atoms with Crippen LogP contribution in [0.5, 0.6) is 5.75 Å². The normalized spacial score (nSPS) is 23.9. The molecular weight excluding hydrogens is 312 g/mol. The van der Waals surface area contributed by atoms with Crippen molar-refractivity contribution in [3.63, 3.8) is 0 Å². The number of ether oxygens (including phenoxy) is 1. The van der Waals surface area contributed by atoms with Gasteiger partial charge in [-0.15, -0.1) is 11.6 Å². The van der Waals surface area contributed by atoms with Gasteiger partial charge in [-0.05, 0) is 48.9 Å². The highest BCUT2D eigenvalue weighted by atomic mass is 79.9. The third kappa shape index (κ3) is 3.64. The van der Waals surface area contributed by atoms with Gasteiger partial charge in [-0.3, -0.25) is 0 Å². The minimum Gasteiger partial charge on any atom is -0.490 e. The molecule has 0 saturated heterocycles. The average molecular weight is 332 g/mol. The molecule has 1 aliphatic rings. The van der Waals surface area contributed by atoms with E-state index in [1.165, 1.54) is 32.1 Å². The molecule has 0 bridgehead atoms. The van der Waals surface area contributed by atoms with Crippen LogP contribution < -0.4 is 4.74 Å². The summed E-state index contributed by atoms with van der Waals surface area (Å²) >= 11 is 9.40. The summed E-state index contributed by atoms with van der Waals surface area (Å²) in [7, 11) is 0. The molecule has 0 radical (unpaired) electrons. The molecule has 3 heteroatoms. The fourth-order valence-electron chi connectivity index (χ4n) is 2.64. The van der Waals surface area contributed by atoms with Crippen molar-refractivity contribution in [3.8, 4) is 5.75 Å². The molecule has 1 fully saturated rings. The molecule has 0 aromatic heterocycles. The minimum absolute atomic E-state index is 0.382. The van der Waals surface area contributed by atoms with E-state index in [-0.39, 0.29) is 0 Å². The first-order chi connectivity index (χ1) is 8.72. The molecule has 18 heavy (non-hydrogen) atoms. The number of benzene rings is 1. The largest absolute Gasteiger partial charge is 0.490 e. The lowest BCUT2D eigenvalue weighted by atomic mass is 9.85. The average Bonchev–Trinajstić information content (AvgIpc) is 2.41. The Hall–Kier alpha value is -0.210. The van der Waals surface area contributed by atoms with Gasteiger partial charge in [0.1, 0.15) is 5.75 Å². The molecule has 0 N–H and O–H groups in total. The van der Waals surface area contributed by atoms with Crippen molar-refractivity contribution in [3.05, 3.63) is 28.2 Å². The lowest BCUT2D eigenvalue weighted by Gasteiger charge is -2.29. The maximum atomic E-state index is 6.11. The van der Waals surface area contributed by atoms with Crippen LogP contribution in [-0.2, 0) is 5.88 Å². The van der Waals surface area contributed by atoms with Gasteiger partial charge in [0.05, 0.1) is 6.10 Å². The maximum absolute atomic E-state index is 6.11. The summed E-state index contributed by atoms with van der Waals surface area (Å²) in [5.41, 5.74) is 1.09. The van der Waals surface area contributed by atoms with Crippen LogP contribution in [0.3, 0.4) is 0 Å². The van der Waals surface area contributed by atoms with Gasteiger partial charge >= 0.3 is 0 Å². The first-order valence-electron chi connectivity index (χ1n) is 6.74. The van der Waals surface area contributed by atoms with Crippen LogP contribution in [0, 0.1) is 5.92 Å². The third-order valence-corrected chi connectivity index (χ3v) is 4.84. The van der Waals surface area contributed by atoms with Gasteiger partial charge in [0.2, 0.25) is 0 Å². The molecule has 0 amide bonds. The first kappa shape index (κ1) is 14.2. The second-order valence-corrected chi connectivity index (χ2v) is 6.19. The van der Waals surface area contributed by atoms with Crippen molar-refractivity contribution in [2.75, 3.05) is 0 Å². The second kappa shape index (κ2) is 6.81. The Kier molecular flexibility index (Phi) is 5.38. The predicted molar refractivity (Wildman–Crippen MR) is 80.4 cm³/mol. The number of halogens is 2. The van der Waals surface area contributed by atoms with Gasteiger partial charge in [-0.25, -0.2) is 0 Å². The summed E-state index contributed by atoms with van der Waals surface area (Å²) in [6.45, 7) is 2.28. The fourth-order valence-corrected chi connectivity index (χ4v) is 3.41. The zero-order valence-corrected chi connectivity index (χ0v) is 13.1. The van der Waals surface area contributed by atoms with E-state index < -0.39 is 0 Å². The van der Waals surface area contributed by atoms with Gasteiger partial charge < -0.3 is 4.74 Å². The highest BCUT2D eigenvalue weighted by molar-refractivity contribution is 9.10. The van der Waals surface area contributed by atoms with E-state index in [2.05, 4.69) is 22.9 Å². The molecule has 2 rings (SSSR count). The van der Waals surface area contributed by atoms with Gasteiger partial charge in [-0.1, -0.05) is 35.7 Å². The Morgan fingerprint density at radius 1 is 1.39 bits per heavy atom. The summed E-state index contributed by atoms with van der Waals surface area (Å²) in [4.78, 5) is 0. The number of alkyl halides is 1. The molecule has 1 aromatic carbocycles. The molecule has 0 spiro atoms. The van der Waals surface area contributed by atoms with E-state index in [1.807, 2.05) is 18.2 Å². The zero-order chi connectivity index (χ0) is 13.0. The smallest absolute Gasteiger partial charge is 0.120 e. The van der Waals surface area contributed by atoms with Crippen LogP contribution in [0.25, 0.3) is 0 Å². The van der Waals surface area contributed by atoms with E-state index in [0.717, 1.165) is 21.7 Å². The van der Waals surface area contributed by atoms with Crippen molar-refractivity contribution >= 4 is 27.5 Å². The van der Waals surface area contributed by atoms with Gasteiger partial charge in [0.15, 0.2) is 0 Å². The molecule has 0 heterocycles. The standard InChI is InChI=1S/C15H20BrClO/c1-2-11-4-3-5-13(8-11)18-14-6-7-15(16)12(9-14)10-17/h6-7,9,11,13H,2-5,8,10H2,1H3. The van der Waals surface area contributed by atoms with Gasteiger partial charge in [0, 0.05) is 10.4 Å². The topological polar surface area (TPSA) is 9.23 Å². The fraction of sp³-hybridized carbons (Fsp3) is 0.600. The highest BCUT2D eigenvalue weighted by Gasteiger charge is 2.22. The molecule has 100 valence electrons. The lowest BCUT2D eigenvalue weighted by molar-refractivity contribution is 0.122. The van der Waals surface area contributed by atoms with E-state index in [1.54, 1.807) is 0 Å². The van der Waals surface area contributed by atoms with Crippen LogP contribution in [0.15, 0.2) is 22.7 Å². The number of hydrogen-bond acceptors (Lipinski definition) is 1. The monoisotopic (exact) mass is 330 g/mol. The second-order valence-electron chi connectivity index (χ2n) is 5.07. The van der Waals surface area contributed by atoms with Crippen LogP contribution in [0.1, 0.15) is 44.6 Å². The molecule has 1 nitrogen and oxygen atoms in total. The Morgan fingerprint density at radius 3 is 2.94 bits per heavy atom. The van der Waals surface area contributed by atoms with Gasteiger partial charge in [-0.2, -0.15) is 0 Å². The zero-order valence-electron chi connectivity index (χ0n) is 10.8. The Morgan fingerprint density at radius 2 is 2.22 bits per heavy atom. The van der Waals surface area contributed by atoms with Crippen LogP contribution >= 0.6 is 27.5 Å². The van der Waals surface area contributed by atoms with E-state index in [9.17, 15) is 0 Å². The Labute approximate surface area is 123 Å². The van der Waals surface area contributed by atoms with Crippen LogP contribution in [0.4, 0.5) is 0 Å². The van der Waals surface area contributed by atoms with Crippen molar-refractivity contribution in [2.24, 2.45) is 5.92 Å². The third-order valence-electron chi connectivity index (χ3n) is 3.78. The summed E-state index contributed by atoms with van der Waals surface area (Å²) in [6.07, 6.45) is 6.69. The molecule has 2 unspecified atom stereocenters. The summed E-state index contributed by atoms with van der Waals surface area (Å²) < 4.78 is 7.16. The predicted octanol–water partition coefficient (Wildman–Crippen LogP) is 5.54. The van der Waals surface area contributed by atoms with Gasteiger partial charge in [0.25, 0.3) is 0 Å². The van der Waals surface area contributed by atoms with E-state index in [4.69, 9.17) is 16.3 Å². The molecule has 2 atom stereocenters. The highest BCUT2D eigenvalue weighted by Crippen LogP contribution is 2.31. The van der Waals surface area contributed by atoms with Crippen molar-refractivity contribution in [1.82, 2.24) is 0 Å². The van der Waals surface area contributed by atoms with Crippen LogP contribution in [-0.4, -0.2) is 6.10 Å². The molecular formula is C15H20BrClO. The molecule has 1 aliphatic carbocycles. The first-order valence-corrected chi connectivity index (χ1v) is 8.06. The number of rotatable bonds is 4. The van der Waals surface area contributed by atoms with E-state index >= 15 is 0 Å². The summed E-state index contributed by atoms with van der Waals surface area (Å²) in [6, 6.07) is 6.09. The number of hydrogen-bond donors (Lipinski definition) is 0. The van der Waals surface area contributed by atoms with Crippen LogP contribution in [0.2, 0.25) is 0 Å². The van der Waals surface area contributed by atoms with E-state index in [0.29, 0.717) is 12.0 Å². The molecule has 0 aliphatic heterocycles. The summed E-state index contributed by atoms with van der Waals surface area (Å²) in [5, 5.41) is 0. The molecule has 1 aromatic rings. The quantitative estimate of drug-likeness (QED) is 0.659. The van der Waals surface area contributed by atoms with Crippen molar-refractivity contribution < 1.29 is 4.74 Å². The Balaban J connectivity index is 2.00.